The zero-order valence-electron chi connectivity index (χ0n) is 9.15. The summed E-state index contributed by atoms with van der Waals surface area (Å²) < 4.78 is 42.9. The number of halogens is 4. The van der Waals surface area contributed by atoms with Gasteiger partial charge in [-0.25, -0.2) is 0 Å². The van der Waals surface area contributed by atoms with Crippen molar-refractivity contribution in [3.8, 4) is 5.75 Å². The van der Waals surface area contributed by atoms with Gasteiger partial charge >= 0.3 is 6.18 Å². The van der Waals surface area contributed by atoms with E-state index in [1.54, 1.807) is 0 Å². The third kappa shape index (κ3) is 3.70. The highest BCUT2D eigenvalue weighted by Crippen LogP contribution is 2.35. The molecule has 16 heavy (non-hydrogen) atoms. The summed E-state index contributed by atoms with van der Waals surface area (Å²) in [4.78, 5) is 0. The Balaban J connectivity index is 3.01. The predicted molar refractivity (Wildman–Crippen MR) is 59.5 cm³/mol. The van der Waals surface area contributed by atoms with Crippen LogP contribution in [0.4, 0.5) is 13.2 Å². The minimum absolute atomic E-state index is 0.303. The molecule has 5 heteroatoms. The maximum absolute atomic E-state index is 12.4. The maximum atomic E-state index is 12.4. The molecule has 0 aliphatic carbocycles. The lowest BCUT2D eigenvalue weighted by Crippen LogP contribution is -2.23. The van der Waals surface area contributed by atoms with E-state index in [1.807, 2.05) is 20.8 Å². The van der Waals surface area contributed by atoms with Crippen LogP contribution in [0.15, 0.2) is 22.7 Å². The Morgan fingerprint density at radius 1 is 1.12 bits per heavy atom. The highest BCUT2D eigenvalue weighted by Gasteiger charge is 2.31. The van der Waals surface area contributed by atoms with Crippen molar-refractivity contribution in [2.24, 2.45) is 0 Å². The van der Waals surface area contributed by atoms with Crippen molar-refractivity contribution in [2.75, 3.05) is 0 Å². The molecular formula is C11H12BrF3O. The zero-order valence-corrected chi connectivity index (χ0v) is 10.7. The predicted octanol–water partition coefficient (Wildman–Crippen LogP) is 4.65. The fraction of sp³-hybridized carbons (Fsp3) is 0.455. The van der Waals surface area contributed by atoms with Crippen LogP contribution in [-0.4, -0.2) is 5.60 Å². The molecule has 1 rings (SSSR count). The summed E-state index contributed by atoms with van der Waals surface area (Å²) in [5.41, 5.74) is -1.14. The number of hydrogen-bond donors (Lipinski definition) is 0. The quantitative estimate of drug-likeness (QED) is 0.733. The highest BCUT2D eigenvalue weighted by molar-refractivity contribution is 9.10. The number of rotatable bonds is 1. The van der Waals surface area contributed by atoms with Crippen molar-refractivity contribution in [2.45, 2.75) is 32.5 Å². The van der Waals surface area contributed by atoms with E-state index in [-0.39, 0.29) is 0 Å². The molecule has 1 aromatic carbocycles. The maximum Gasteiger partial charge on any atom is 0.416 e. The molecule has 0 saturated carbocycles. The summed E-state index contributed by atoms with van der Waals surface area (Å²) in [6, 6.07) is 3.34. The summed E-state index contributed by atoms with van der Waals surface area (Å²) in [6.45, 7) is 5.49. The molecule has 0 heterocycles. The van der Waals surface area contributed by atoms with E-state index >= 15 is 0 Å². The van der Waals surface area contributed by atoms with Gasteiger partial charge in [-0.2, -0.15) is 13.2 Å². The molecule has 0 bridgehead atoms. The monoisotopic (exact) mass is 296 g/mol. The van der Waals surface area contributed by atoms with Crippen molar-refractivity contribution in [3.05, 3.63) is 28.2 Å². The van der Waals surface area contributed by atoms with Gasteiger partial charge in [0.15, 0.2) is 0 Å². The van der Waals surface area contributed by atoms with Crippen molar-refractivity contribution in [3.63, 3.8) is 0 Å². The first-order valence-corrected chi connectivity index (χ1v) is 5.45. The minimum atomic E-state index is -4.33. The normalized spacial score (nSPS) is 12.7. The SMILES string of the molecule is CC(C)(C)Oc1ccc(C(F)(F)F)cc1Br. The third-order valence-corrected chi connectivity index (χ3v) is 2.30. The lowest BCUT2D eigenvalue weighted by molar-refractivity contribution is -0.137. The van der Waals surface area contributed by atoms with Crippen LogP contribution < -0.4 is 4.74 Å². The number of ether oxygens (including phenoxy) is 1. The van der Waals surface area contributed by atoms with E-state index in [9.17, 15) is 13.2 Å². The Kier molecular flexibility index (Phi) is 3.57. The van der Waals surface area contributed by atoms with Gasteiger partial charge in [-0.3, -0.25) is 0 Å². The first kappa shape index (κ1) is 13.4. The van der Waals surface area contributed by atoms with Crippen LogP contribution in [-0.2, 0) is 6.18 Å². The molecule has 0 aromatic heterocycles. The molecule has 1 aromatic rings. The average Bonchev–Trinajstić information content (AvgIpc) is 2.04. The standard InChI is InChI=1S/C11H12BrF3O/c1-10(2,3)16-9-5-4-7(6-8(9)12)11(13,14)15/h4-6H,1-3H3. The molecule has 0 aliphatic rings. The number of alkyl halides is 3. The van der Waals surface area contributed by atoms with Crippen LogP contribution in [0.5, 0.6) is 5.75 Å². The van der Waals surface area contributed by atoms with Crippen LogP contribution in [0, 0.1) is 0 Å². The van der Waals surface area contributed by atoms with Gasteiger partial charge < -0.3 is 4.74 Å². The molecule has 0 atom stereocenters. The van der Waals surface area contributed by atoms with E-state index in [4.69, 9.17) is 4.74 Å². The van der Waals surface area contributed by atoms with Crippen LogP contribution >= 0.6 is 15.9 Å². The first-order chi connectivity index (χ1) is 7.09. The second-order valence-corrected chi connectivity index (χ2v) is 5.21. The van der Waals surface area contributed by atoms with Gasteiger partial charge in [-0.05, 0) is 54.9 Å². The van der Waals surface area contributed by atoms with Crippen molar-refractivity contribution >= 4 is 15.9 Å². The highest BCUT2D eigenvalue weighted by atomic mass is 79.9. The lowest BCUT2D eigenvalue weighted by Gasteiger charge is -2.22. The van der Waals surface area contributed by atoms with E-state index < -0.39 is 17.3 Å². The van der Waals surface area contributed by atoms with Gasteiger partial charge in [0, 0.05) is 0 Å². The Morgan fingerprint density at radius 3 is 2.06 bits per heavy atom. The molecule has 0 amide bonds. The van der Waals surface area contributed by atoms with Crippen LogP contribution in [0.3, 0.4) is 0 Å². The molecule has 0 fully saturated rings. The van der Waals surface area contributed by atoms with E-state index in [2.05, 4.69) is 15.9 Å². The second kappa shape index (κ2) is 4.28. The van der Waals surface area contributed by atoms with Crippen molar-refractivity contribution in [1.82, 2.24) is 0 Å². The molecule has 0 spiro atoms. The zero-order chi connectivity index (χ0) is 12.6. The molecule has 0 aliphatic heterocycles. The first-order valence-electron chi connectivity index (χ1n) is 4.65. The van der Waals surface area contributed by atoms with Crippen LogP contribution in [0.25, 0.3) is 0 Å². The van der Waals surface area contributed by atoms with Crippen molar-refractivity contribution < 1.29 is 17.9 Å². The fourth-order valence-electron chi connectivity index (χ4n) is 1.09. The smallest absolute Gasteiger partial charge is 0.416 e. The van der Waals surface area contributed by atoms with E-state index in [0.717, 1.165) is 12.1 Å². The molecule has 0 saturated heterocycles. The van der Waals surface area contributed by atoms with Crippen molar-refractivity contribution in [1.29, 1.82) is 0 Å². The summed E-state index contributed by atoms with van der Waals surface area (Å²) in [7, 11) is 0. The molecule has 90 valence electrons. The third-order valence-electron chi connectivity index (χ3n) is 1.68. The van der Waals surface area contributed by atoms with Gasteiger partial charge in [-0.15, -0.1) is 0 Å². The van der Waals surface area contributed by atoms with E-state index in [1.165, 1.54) is 6.07 Å². The lowest BCUT2D eigenvalue weighted by atomic mass is 10.1. The van der Waals surface area contributed by atoms with Gasteiger partial charge in [-0.1, -0.05) is 0 Å². The molecule has 0 radical (unpaired) electrons. The van der Waals surface area contributed by atoms with Gasteiger partial charge in [0.1, 0.15) is 11.4 Å². The van der Waals surface area contributed by atoms with Gasteiger partial charge in [0.2, 0.25) is 0 Å². The van der Waals surface area contributed by atoms with Crippen LogP contribution in [0.1, 0.15) is 26.3 Å². The molecule has 1 nitrogen and oxygen atoms in total. The Bertz CT molecular complexity index is 380. The molecule has 0 unspecified atom stereocenters. The topological polar surface area (TPSA) is 9.23 Å². The Morgan fingerprint density at radius 2 is 1.69 bits per heavy atom. The second-order valence-electron chi connectivity index (χ2n) is 4.36. The number of hydrogen-bond acceptors (Lipinski definition) is 1. The molecule has 0 N–H and O–H groups in total. The summed E-state index contributed by atoms with van der Waals surface area (Å²) >= 11 is 3.07. The van der Waals surface area contributed by atoms with Gasteiger partial charge in [0.25, 0.3) is 0 Å². The average molecular weight is 297 g/mol. The summed E-state index contributed by atoms with van der Waals surface area (Å²) in [5, 5.41) is 0. The minimum Gasteiger partial charge on any atom is -0.487 e. The largest absolute Gasteiger partial charge is 0.487 e. The summed E-state index contributed by atoms with van der Waals surface area (Å²) in [6.07, 6.45) is -4.33. The fourth-order valence-corrected chi connectivity index (χ4v) is 1.55. The Hall–Kier alpha value is -0.710. The molecular weight excluding hydrogens is 285 g/mol. The van der Waals surface area contributed by atoms with Gasteiger partial charge in [0.05, 0.1) is 10.0 Å². The Labute approximate surface area is 101 Å². The number of benzene rings is 1. The van der Waals surface area contributed by atoms with E-state index in [0.29, 0.717) is 10.2 Å². The van der Waals surface area contributed by atoms with Crippen LogP contribution in [0.2, 0.25) is 0 Å². The summed E-state index contributed by atoms with van der Waals surface area (Å²) in [5.74, 6) is 0.403.